The fourth-order valence-electron chi connectivity index (χ4n) is 3.22. The molecule has 0 unspecified atom stereocenters. The molecule has 1 heterocycles. The standard InChI is InChI=1S/C24H30N4O4S.C2H6.CH5N/c1-27-32-22-12-17(15-28-16-18(13-25)14-26)11-21-24(22)33-23-19(29-2)7-6-8-20(23)30-9-4-3-5-10-31-21;2*1-2/h6-8,11-13,16H,1,3-5,9-10,14-15,25-26H2,2H3;1-2H3;2H2,1H3/b18-13-,28-16?;;. The van der Waals surface area contributed by atoms with Crippen molar-refractivity contribution in [3.05, 3.63) is 47.7 Å². The Balaban J connectivity index is 0.00000163. The first-order chi connectivity index (χ1) is 18.2. The van der Waals surface area contributed by atoms with E-state index in [-0.39, 0.29) is 0 Å². The van der Waals surface area contributed by atoms with Crippen LogP contribution in [-0.4, -0.2) is 46.8 Å². The monoisotopic (exact) mass is 531 g/mol. The van der Waals surface area contributed by atoms with Gasteiger partial charge < -0.3 is 36.2 Å². The van der Waals surface area contributed by atoms with E-state index in [4.69, 9.17) is 30.5 Å². The Morgan fingerprint density at radius 3 is 2.35 bits per heavy atom. The summed E-state index contributed by atoms with van der Waals surface area (Å²) in [6.07, 6.45) is 5.97. The highest BCUT2D eigenvalue weighted by molar-refractivity contribution is 7.99. The molecule has 10 heteroatoms. The van der Waals surface area contributed by atoms with Crippen LogP contribution < -0.4 is 36.2 Å². The zero-order chi connectivity index (χ0) is 27.5. The number of ether oxygens (including phenoxy) is 3. The van der Waals surface area contributed by atoms with Gasteiger partial charge in [0.05, 0.1) is 31.8 Å². The van der Waals surface area contributed by atoms with Crippen LogP contribution in [0.1, 0.15) is 38.7 Å². The summed E-state index contributed by atoms with van der Waals surface area (Å²) in [7, 11) is 3.14. The van der Waals surface area contributed by atoms with Gasteiger partial charge in [-0.3, -0.25) is 4.99 Å². The van der Waals surface area contributed by atoms with Crippen LogP contribution in [0.3, 0.4) is 0 Å². The van der Waals surface area contributed by atoms with Gasteiger partial charge in [0.1, 0.15) is 22.1 Å². The molecule has 0 aromatic heterocycles. The number of nitrogens with zero attached hydrogens (tertiary/aromatic N) is 2. The van der Waals surface area contributed by atoms with Crippen molar-refractivity contribution in [1.82, 2.24) is 0 Å². The van der Waals surface area contributed by atoms with Gasteiger partial charge in [0.25, 0.3) is 0 Å². The number of hydrogen-bond acceptors (Lipinski definition) is 10. The molecule has 9 nitrogen and oxygen atoms in total. The molecule has 0 aliphatic carbocycles. The molecule has 0 atom stereocenters. The van der Waals surface area contributed by atoms with E-state index in [1.165, 1.54) is 25.0 Å². The molecule has 3 rings (SSSR count). The molecule has 0 saturated carbocycles. The van der Waals surface area contributed by atoms with Crippen LogP contribution in [0.5, 0.6) is 23.0 Å². The molecule has 2 aromatic carbocycles. The molecule has 1 aliphatic heterocycles. The number of nitrogens with two attached hydrogens (primary N) is 3. The molecule has 0 saturated heterocycles. The fourth-order valence-corrected chi connectivity index (χ4v) is 4.32. The van der Waals surface area contributed by atoms with Crippen LogP contribution in [0, 0.1) is 0 Å². The smallest absolute Gasteiger partial charge is 0.175 e. The summed E-state index contributed by atoms with van der Waals surface area (Å²) >= 11 is 1.45. The summed E-state index contributed by atoms with van der Waals surface area (Å²) < 4.78 is 17.9. The second-order valence-corrected chi connectivity index (χ2v) is 8.22. The maximum Gasteiger partial charge on any atom is 0.175 e. The van der Waals surface area contributed by atoms with Gasteiger partial charge in [-0.05, 0) is 67.9 Å². The van der Waals surface area contributed by atoms with Crippen LogP contribution in [0.2, 0.25) is 0 Å². The van der Waals surface area contributed by atoms with E-state index in [1.54, 1.807) is 13.3 Å². The molecular formula is C27H41N5O4S. The van der Waals surface area contributed by atoms with E-state index in [0.29, 0.717) is 43.6 Å². The lowest BCUT2D eigenvalue weighted by Crippen LogP contribution is -2.06. The summed E-state index contributed by atoms with van der Waals surface area (Å²) in [5.41, 5.74) is 17.3. The largest absolute Gasteiger partial charge is 0.495 e. The topological polar surface area (TPSA) is 140 Å². The molecule has 0 radical (unpaired) electrons. The summed E-state index contributed by atoms with van der Waals surface area (Å²) in [5, 5.41) is 3.66. The van der Waals surface area contributed by atoms with Gasteiger partial charge in [-0.1, -0.05) is 36.8 Å². The highest BCUT2D eigenvalue weighted by Crippen LogP contribution is 2.49. The first-order valence-corrected chi connectivity index (χ1v) is 13.1. The predicted molar refractivity (Wildman–Crippen MR) is 154 cm³/mol. The Kier molecular flexibility index (Phi) is 16.3. The minimum Gasteiger partial charge on any atom is -0.495 e. The summed E-state index contributed by atoms with van der Waals surface area (Å²) in [5.74, 6) is 2.65. The molecule has 6 N–H and O–H groups in total. The number of hydrogen-bond donors (Lipinski definition) is 3. The molecule has 0 fully saturated rings. The molecule has 0 bridgehead atoms. The normalized spacial score (nSPS) is 13.4. The van der Waals surface area contributed by atoms with Gasteiger partial charge in [0.15, 0.2) is 5.75 Å². The van der Waals surface area contributed by atoms with Gasteiger partial charge in [-0.2, -0.15) is 0 Å². The number of fused-ring (bicyclic) bond motifs is 2. The number of oxime groups is 1. The maximum atomic E-state index is 6.20. The molecule has 0 spiro atoms. The third-order valence-electron chi connectivity index (χ3n) is 4.89. The summed E-state index contributed by atoms with van der Waals surface area (Å²) in [6, 6.07) is 9.59. The first kappa shape index (κ1) is 31.8. The number of aliphatic imine (C=N–C) groups is 1. The molecule has 0 amide bonds. The Morgan fingerprint density at radius 1 is 1.05 bits per heavy atom. The lowest BCUT2D eigenvalue weighted by atomic mass is 10.2. The average Bonchev–Trinajstić information content (AvgIpc) is 2.94. The van der Waals surface area contributed by atoms with E-state index >= 15 is 0 Å². The van der Waals surface area contributed by atoms with E-state index in [1.807, 2.05) is 44.2 Å². The van der Waals surface area contributed by atoms with Crippen molar-refractivity contribution in [2.24, 2.45) is 27.3 Å². The number of rotatable bonds is 7. The number of methoxy groups -OCH3 is 1. The van der Waals surface area contributed by atoms with Gasteiger partial charge in [0.2, 0.25) is 0 Å². The molecular weight excluding hydrogens is 490 g/mol. The van der Waals surface area contributed by atoms with Gasteiger partial charge >= 0.3 is 0 Å². The second-order valence-electron chi connectivity index (χ2n) is 7.20. The van der Waals surface area contributed by atoms with Crippen LogP contribution >= 0.6 is 11.8 Å². The van der Waals surface area contributed by atoms with Crippen molar-refractivity contribution in [2.75, 3.05) is 33.9 Å². The van der Waals surface area contributed by atoms with E-state index < -0.39 is 0 Å². The summed E-state index contributed by atoms with van der Waals surface area (Å²) in [6.45, 7) is 9.41. The highest BCUT2D eigenvalue weighted by atomic mass is 32.2. The van der Waals surface area contributed by atoms with E-state index in [0.717, 1.165) is 45.9 Å². The van der Waals surface area contributed by atoms with Crippen LogP contribution in [-0.2, 0) is 6.54 Å². The van der Waals surface area contributed by atoms with Crippen molar-refractivity contribution < 1.29 is 19.0 Å². The molecule has 1 aliphatic rings. The van der Waals surface area contributed by atoms with Crippen molar-refractivity contribution in [3.8, 4) is 23.0 Å². The minimum absolute atomic E-state index is 0.321. The zero-order valence-corrected chi connectivity index (χ0v) is 23.2. The van der Waals surface area contributed by atoms with Crippen molar-refractivity contribution >= 4 is 24.7 Å². The third kappa shape index (κ3) is 9.99. The lowest BCUT2D eigenvalue weighted by molar-refractivity contribution is 0.266. The summed E-state index contributed by atoms with van der Waals surface area (Å²) in [4.78, 5) is 11.6. The SMILES string of the molecule is C=NOc1cc(CN=C/C(=C\N)CN)cc2c1Sc1c(OC)cccc1OCCCCCO2.CC.CN. The molecule has 204 valence electrons. The van der Waals surface area contributed by atoms with Gasteiger partial charge in [0, 0.05) is 19.5 Å². The quantitative estimate of drug-likeness (QED) is 0.343. The lowest BCUT2D eigenvalue weighted by Gasteiger charge is -2.19. The maximum absolute atomic E-state index is 6.20. The van der Waals surface area contributed by atoms with Crippen molar-refractivity contribution in [1.29, 1.82) is 0 Å². The second kappa shape index (κ2) is 19.0. The van der Waals surface area contributed by atoms with Crippen molar-refractivity contribution in [3.63, 3.8) is 0 Å². The Bertz CT molecular complexity index is 1010. The minimum atomic E-state index is 0.321. The molecule has 37 heavy (non-hydrogen) atoms. The van der Waals surface area contributed by atoms with E-state index in [2.05, 4.69) is 22.6 Å². The van der Waals surface area contributed by atoms with Crippen molar-refractivity contribution in [2.45, 2.75) is 49.4 Å². The predicted octanol–water partition coefficient (Wildman–Crippen LogP) is 4.76. The van der Waals surface area contributed by atoms with Crippen LogP contribution in [0.25, 0.3) is 0 Å². The average molecular weight is 532 g/mol. The zero-order valence-electron chi connectivity index (χ0n) is 22.4. The Labute approximate surface area is 225 Å². The van der Waals surface area contributed by atoms with E-state index in [9.17, 15) is 0 Å². The van der Waals surface area contributed by atoms with Crippen LogP contribution in [0.4, 0.5) is 0 Å². The Morgan fingerprint density at radius 2 is 1.73 bits per heavy atom. The third-order valence-corrected chi connectivity index (χ3v) is 6.11. The van der Waals surface area contributed by atoms with Gasteiger partial charge in [-0.15, -0.1) is 0 Å². The van der Waals surface area contributed by atoms with Crippen LogP contribution in [0.15, 0.2) is 62.0 Å². The first-order valence-electron chi connectivity index (χ1n) is 12.3. The Hall–Kier alpha value is -3.21. The molecule has 2 aromatic rings. The highest BCUT2D eigenvalue weighted by Gasteiger charge is 2.21. The fraction of sp³-hybridized carbons (Fsp3) is 0.407. The van der Waals surface area contributed by atoms with Gasteiger partial charge in [-0.25, -0.2) is 0 Å². The number of benzene rings is 2.